The van der Waals surface area contributed by atoms with Gasteiger partial charge >= 0.3 is 12.7 Å². The van der Waals surface area contributed by atoms with E-state index in [0.29, 0.717) is 6.07 Å². The number of para-hydroxylation sites is 1. The number of sulfonamides is 1. The van der Waals surface area contributed by atoms with E-state index in [-0.39, 0.29) is 0 Å². The maximum Gasteiger partial charge on any atom is 0.573 e. The molecule has 2 rings (SSSR count). The molecule has 0 fully saturated rings. The monoisotopic (exact) mass is 401 g/mol. The van der Waals surface area contributed by atoms with Crippen molar-refractivity contribution in [2.24, 2.45) is 5.14 Å². The van der Waals surface area contributed by atoms with Crippen molar-refractivity contribution < 1.29 is 44.2 Å². The second kappa shape index (κ2) is 6.68. The van der Waals surface area contributed by atoms with Crippen LogP contribution in [0.25, 0.3) is 11.1 Å². The molecule has 0 heterocycles. The van der Waals surface area contributed by atoms with Crippen molar-refractivity contribution in [2.45, 2.75) is 17.6 Å². The van der Waals surface area contributed by atoms with E-state index in [0.717, 1.165) is 24.3 Å². The minimum absolute atomic E-state index is 0.398. The molecule has 0 saturated heterocycles. The summed E-state index contributed by atoms with van der Waals surface area (Å²) in [4.78, 5) is -0.713. The average molecular weight is 401 g/mol. The Hall–Kier alpha value is -2.47. The molecule has 0 amide bonds. The molecule has 5 nitrogen and oxygen atoms in total. The van der Waals surface area contributed by atoms with Gasteiger partial charge in [0.2, 0.25) is 10.0 Å². The lowest BCUT2D eigenvalue weighted by Crippen LogP contribution is -2.19. The van der Waals surface area contributed by atoms with Gasteiger partial charge < -0.3 is 9.47 Å². The van der Waals surface area contributed by atoms with Crippen molar-refractivity contribution in [1.82, 2.24) is 0 Å². The summed E-state index contributed by atoms with van der Waals surface area (Å²) < 4.78 is 106. The van der Waals surface area contributed by atoms with Crippen LogP contribution in [0.4, 0.5) is 26.3 Å². The van der Waals surface area contributed by atoms with Crippen LogP contribution in [0.15, 0.2) is 47.4 Å². The lowest BCUT2D eigenvalue weighted by Gasteiger charge is -2.17. The maximum atomic E-state index is 12.6. The zero-order valence-corrected chi connectivity index (χ0v) is 13.2. The quantitative estimate of drug-likeness (QED) is 0.791. The molecular formula is C14H9F6NO4S. The summed E-state index contributed by atoms with van der Waals surface area (Å²) in [6, 6.07) is 6.49. The standard InChI is InChI=1S/C14H9F6NO4S/c15-13(16,17)24-11-4-2-1-3-9(11)10-6-5-8(26(21,22)23)7-12(10)25-14(18,19)20/h1-7H,(H2,21,22,23). The van der Waals surface area contributed by atoms with Gasteiger partial charge in [0.1, 0.15) is 11.5 Å². The topological polar surface area (TPSA) is 78.6 Å². The number of alkyl halides is 6. The van der Waals surface area contributed by atoms with Gasteiger partial charge in [-0.15, -0.1) is 26.3 Å². The van der Waals surface area contributed by atoms with Crippen molar-refractivity contribution in [3.8, 4) is 22.6 Å². The summed E-state index contributed by atoms with van der Waals surface area (Å²) in [6.45, 7) is 0. The Labute approximate surface area is 143 Å². The summed E-state index contributed by atoms with van der Waals surface area (Å²) in [7, 11) is -4.38. The fourth-order valence-electron chi connectivity index (χ4n) is 2.01. The van der Waals surface area contributed by atoms with Crippen LogP contribution in [0.2, 0.25) is 0 Å². The second-order valence-electron chi connectivity index (χ2n) is 4.79. The maximum absolute atomic E-state index is 12.6. The van der Waals surface area contributed by atoms with Gasteiger partial charge in [0.05, 0.1) is 4.90 Å². The molecule has 0 saturated carbocycles. The lowest BCUT2D eigenvalue weighted by molar-refractivity contribution is -0.276. The molecule has 0 radical (unpaired) electrons. The van der Waals surface area contributed by atoms with Gasteiger partial charge in [-0.3, -0.25) is 0 Å². The molecule has 0 aliphatic heterocycles. The highest BCUT2D eigenvalue weighted by Crippen LogP contribution is 2.41. The number of ether oxygens (including phenoxy) is 2. The fraction of sp³-hybridized carbons (Fsp3) is 0.143. The van der Waals surface area contributed by atoms with Crippen LogP contribution in [0, 0.1) is 0 Å². The highest BCUT2D eigenvalue weighted by Gasteiger charge is 2.35. The summed E-state index contributed by atoms with van der Waals surface area (Å²) in [5.41, 5.74) is -0.875. The number of benzene rings is 2. The van der Waals surface area contributed by atoms with Crippen LogP contribution in [0.1, 0.15) is 0 Å². The lowest BCUT2D eigenvalue weighted by atomic mass is 10.0. The molecule has 0 unspecified atom stereocenters. The van der Waals surface area contributed by atoms with Crippen LogP contribution in [-0.4, -0.2) is 21.1 Å². The van der Waals surface area contributed by atoms with Gasteiger partial charge in [-0.1, -0.05) is 18.2 Å². The SMILES string of the molecule is NS(=O)(=O)c1ccc(-c2ccccc2OC(F)(F)F)c(OC(F)(F)F)c1. The van der Waals surface area contributed by atoms with Crippen LogP contribution >= 0.6 is 0 Å². The van der Waals surface area contributed by atoms with E-state index in [1.807, 2.05) is 0 Å². The number of hydrogen-bond donors (Lipinski definition) is 1. The van der Waals surface area contributed by atoms with Crippen molar-refractivity contribution in [3.63, 3.8) is 0 Å². The van der Waals surface area contributed by atoms with Crippen LogP contribution < -0.4 is 14.6 Å². The van der Waals surface area contributed by atoms with E-state index in [2.05, 4.69) is 9.47 Å². The smallest absolute Gasteiger partial charge is 0.405 e. The van der Waals surface area contributed by atoms with Gasteiger partial charge in [0, 0.05) is 17.2 Å². The Kier molecular flexibility index (Phi) is 5.10. The predicted octanol–water partition coefficient (Wildman–Crippen LogP) is 3.80. The molecule has 2 N–H and O–H groups in total. The molecule has 0 aliphatic carbocycles. The Bertz CT molecular complexity index is 908. The largest absolute Gasteiger partial charge is 0.573 e. The normalized spacial score (nSPS) is 12.7. The first kappa shape index (κ1) is 19.8. The van der Waals surface area contributed by atoms with Gasteiger partial charge in [0.15, 0.2) is 0 Å². The first-order valence-corrected chi connectivity index (χ1v) is 8.09. The van der Waals surface area contributed by atoms with E-state index < -0.39 is 50.3 Å². The van der Waals surface area contributed by atoms with Crippen molar-refractivity contribution in [1.29, 1.82) is 0 Å². The molecule has 26 heavy (non-hydrogen) atoms. The van der Waals surface area contributed by atoms with E-state index in [9.17, 15) is 34.8 Å². The van der Waals surface area contributed by atoms with E-state index in [1.54, 1.807) is 0 Å². The van der Waals surface area contributed by atoms with Crippen LogP contribution in [0.3, 0.4) is 0 Å². The van der Waals surface area contributed by atoms with Gasteiger partial charge in [-0.05, 0) is 18.2 Å². The Morgan fingerprint density at radius 3 is 1.81 bits per heavy atom. The van der Waals surface area contributed by atoms with Crippen molar-refractivity contribution in [3.05, 3.63) is 42.5 Å². The van der Waals surface area contributed by atoms with Gasteiger partial charge in [0.25, 0.3) is 0 Å². The number of nitrogens with two attached hydrogens (primary N) is 1. The zero-order chi connectivity index (χ0) is 19.8. The molecule has 12 heteroatoms. The highest BCUT2D eigenvalue weighted by atomic mass is 32.2. The van der Waals surface area contributed by atoms with Crippen molar-refractivity contribution >= 4 is 10.0 Å². The fourth-order valence-corrected chi connectivity index (χ4v) is 2.54. The number of halogens is 6. The van der Waals surface area contributed by atoms with E-state index >= 15 is 0 Å². The molecule has 2 aromatic carbocycles. The second-order valence-corrected chi connectivity index (χ2v) is 6.36. The summed E-state index contributed by atoms with van der Waals surface area (Å²) in [5, 5.41) is 4.85. The molecule has 0 atom stereocenters. The molecule has 0 bridgehead atoms. The molecule has 0 aromatic heterocycles. The van der Waals surface area contributed by atoms with Crippen molar-refractivity contribution in [2.75, 3.05) is 0 Å². The van der Waals surface area contributed by atoms with Crippen LogP contribution in [-0.2, 0) is 10.0 Å². The Morgan fingerprint density at radius 1 is 0.769 bits per heavy atom. The molecule has 0 aliphatic rings. The Morgan fingerprint density at radius 2 is 1.27 bits per heavy atom. The number of hydrogen-bond acceptors (Lipinski definition) is 4. The zero-order valence-electron chi connectivity index (χ0n) is 12.4. The minimum atomic E-state index is -5.23. The average Bonchev–Trinajstić information content (AvgIpc) is 2.44. The number of primary sulfonamides is 1. The molecule has 0 spiro atoms. The van der Waals surface area contributed by atoms with E-state index in [4.69, 9.17) is 5.14 Å². The first-order chi connectivity index (χ1) is 11.8. The predicted molar refractivity (Wildman–Crippen MR) is 76.6 cm³/mol. The molecule has 142 valence electrons. The molecule has 2 aromatic rings. The Balaban J connectivity index is 2.66. The summed E-state index contributed by atoms with van der Waals surface area (Å²) in [6.07, 6.45) is -10.3. The summed E-state index contributed by atoms with van der Waals surface area (Å²) >= 11 is 0. The van der Waals surface area contributed by atoms with Gasteiger partial charge in [-0.25, -0.2) is 13.6 Å². The third-order valence-corrected chi connectivity index (χ3v) is 3.82. The summed E-state index contributed by atoms with van der Waals surface area (Å²) in [5.74, 6) is -1.85. The van der Waals surface area contributed by atoms with Crippen LogP contribution in [0.5, 0.6) is 11.5 Å². The van der Waals surface area contributed by atoms with E-state index in [1.165, 1.54) is 12.1 Å². The first-order valence-electron chi connectivity index (χ1n) is 6.54. The minimum Gasteiger partial charge on any atom is -0.405 e. The third kappa shape index (κ3) is 5.26. The third-order valence-electron chi connectivity index (χ3n) is 2.91. The number of rotatable bonds is 4. The molecular weight excluding hydrogens is 392 g/mol. The highest BCUT2D eigenvalue weighted by molar-refractivity contribution is 7.89. The van der Waals surface area contributed by atoms with Gasteiger partial charge in [-0.2, -0.15) is 0 Å².